The highest BCUT2D eigenvalue weighted by atomic mass is 32.1. The van der Waals surface area contributed by atoms with E-state index in [9.17, 15) is 0 Å². The van der Waals surface area contributed by atoms with Crippen molar-refractivity contribution in [2.75, 3.05) is 9.80 Å². The molecule has 0 N–H and O–H groups in total. The number of benzene rings is 7. The van der Waals surface area contributed by atoms with Crippen molar-refractivity contribution >= 4 is 121 Å². The van der Waals surface area contributed by atoms with Gasteiger partial charge in [-0.05, 0) is 162 Å². The van der Waals surface area contributed by atoms with Crippen molar-refractivity contribution in [3.05, 3.63) is 173 Å². The lowest BCUT2D eigenvalue weighted by atomic mass is 9.33. The fourth-order valence-electron chi connectivity index (χ4n) is 10.9. The van der Waals surface area contributed by atoms with Crippen molar-refractivity contribution in [3.8, 4) is 20.9 Å². The molecule has 2 nitrogen and oxygen atoms in total. The summed E-state index contributed by atoms with van der Waals surface area (Å²) in [5, 5.41) is 5.28. The van der Waals surface area contributed by atoms with Gasteiger partial charge in [-0.3, -0.25) is 0 Å². The van der Waals surface area contributed by atoms with E-state index in [0.717, 1.165) is 0 Å². The third-order valence-corrected chi connectivity index (χ3v) is 18.0. The third kappa shape index (κ3) is 6.92. The van der Waals surface area contributed by atoms with Crippen molar-refractivity contribution in [1.29, 1.82) is 0 Å². The molecule has 10 aromatic rings. The fraction of sp³-hybridized carbons (Fsp3) is 0.226. The zero-order valence-corrected chi connectivity index (χ0v) is 43.5. The smallest absolute Gasteiger partial charge is 0.254 e. The number of hydrogen-bond acceptors (Lipinski definition) is 5. The van der Waals surface area contributed by atoms with Crippen LogP contribution in [0.3, 0.4) is 0 Å². The fourth-order valence-corrected chi connectivity index (χ4v) is 14.2. The van der Waals surface area contributed by atoms with Crippen LogP contribution >= 0.6 is 34.0 Å². The van der Waals surface area contributed by atoms with Crippen LogP contribution in [-0.4, -0.2) is 6.71 Å². The predicted octanol–water partition coefficient (Wildman–Crippen LogP) is 17.3. The lowest BCUT2D eigenvalue weighted by molar-refractivity contribution is 0.589. The standard InChI is InChI=1S/C62H57BN2S3/c1-36-27-43(61(6,7)8)28-37(2)58(36)65-50-35-44(62(9,10)11)34-49-57(50)63(56-46-33-42(60(3,4)5)24-26-53(46)68-59(56)65)47-25-23-41(55-32-40-18-13-15-22-52(40)67-55)30-48(47)64(49)45-20-16-19-38(29-45)54-31-39-17-12-14-21-51(39)66-54/h12-35H,1-11H3. The molecule has 12 rings (SSSR count). The summed E-state index contributed by atoms with van der Waals surface area (Å²) in [6.07, 6.45) is 0. The van der Waals surface area contributed by atoms with E-state index in [1.54, 1.807) is 0 Å². The van der Waals surface area contributed by atoms with E-state index < -0.39 is 0 Å². The van der Waals surface area contributed by atoms with Crippen molar-refractivity contribution in [2.45, 2.75) is 92.4 Å². The Morgan fingerprint density at radius 2 is 1.00 bits per heavy atom. The maximum Gasteiger partial charge on any atom is 0.254 e. The van der Waals surface area contributed by atoms with Gasteiger partial charge >= 0.3 is 0 Å². The summed E-state index contributed by atoms with van der Waals surface area (Å²) in [5.74, 6) is 0. The topological polar surface area (TPSA) is 6.48 Å². The Morgan fingerprint density at radius 3 is 1.60 bits per heavy atom. The highest BCUT2D eigenvalue weighted by Crippen LogP contribution is 2.52. The second kappa shape index (κ2) is 15.3. The van der Waals surface area contributed by atoms with Crippen molar-refractivity contribution in [3.63, 3.8) is 0 Å². The molecular weight excluding hydrogens is 880 g/mol. The van der Waals surface area contributed by atoms with Gasteiger partial charge in [-0.2, -0.15) is 0 Å². The summed E-state index contributed by atoms with van der Waals surface area (Å²) in [5.41, 5.74) is 19.4. The first-order chi connectivity index (χ1) is 32.4. The molecule has 0 saturated heterocycles. The number of fused-ring (bicyclic) bond motifs is 8. The lowest BCUT2D eigenvalue weighted by Gasteiger charge is -2.45. The van der Waals surface area contributed by atoms with Crippen LogP contribution in [0.5, 0.6) is 0 Å². The molecule has 6 heteroatoms. The van der Waals surface area contributed by atoms with E-state index in [4.69, 9.17) is 0 Å². The Hall–Kier alpha value is -5.92. The first kappa shape index (κ1) is 43.4. The van der Waals surface area contributed by atoms with E-state index in [1.807, 2.05) is 34.0 Å². The zero-order valence-electron chi connectivity index (χ0n) is 41.1. The normalized spacial score (nSPS) is 13.7. The zero-order chi connectivity index (χ0) is 47.2. The van der Waals surface area contributed by atoms with Gasteiger partial charge in [0.15, 0.2) is 0 Å². The minimum Gasteiger partial charge on any atom is -0.311 e. The van der Waals surface area contributed by atoms with Gasteiger partial charge in [0, 0.05) is 46.6 Å². The lowest BCUT2D eigenvalue weighted by Crippen LogP contribution is -2.61. The highest BCUT2D eigenvalue weighted by Gasteiger charge is 2.46. The minimum absolute atomic E-state index is 0.00213. The van der Waals surface area contributed by atoms with Crippen molar-refractivity contribution < 1.29 is 0 Å². The van der Waals surface area contributed by atoms with E-state index in [0.29, 0.717) is 0 Å². The van der Waals surface area contributed by atoms with Gasteiger partial charge in [0.05, 0.1) is 10.7 Å². The summed E-state index contributed by atoms with van der Waals surface area (Å²) >= 11 is 5.73. The third-order valence-electron chi connectivity index (χ3n) is 14.5. The van der Waals surface area contributed by atoms with Crippen molar-refractivity contribution in [1.82, 2.24) is 0 Å². The number of thiophene rings is 3. The summed E-state index contributed by atoms with van der Waals surface area (Å²) in [4.78, 5) is 7.90. The van der Waals surface area contributed by atoms with Gasteiger partial charge < -0.3 is 9.80 Å². The largest absolute Gasteiger partial charge is 0.311 e. The molecule has 7 aromatic carbocycles. The highest BCUT2D eigenvalue weighted by molar-refractivity contribution is 7.26. The number of aryl methyl sites for hydroxylation is 2. The maximum absolute atomic E-state index is 2.70. The van der Waals surface area contributed by atoms with E-state index >= 15 is 0 Å². The van der Waals surface area contributed by atoms with E-state index in [1.165, 1.54) is 129 Å². The van der Waals surface area contributed by atoms with Crippen LogP contribution in [0.4, 0.5) is 33.4 Å². The van der Waals surface area contributed by atoms with Crippen LogP contribution in [0.1, 0.15) is 90.1 Å². The molecule has 0 aliphatic carbocycles. The molecule has 2 aliphatic heterocycles. The quantitative estimate of drug-likeness (QED) is 0.162. The Morgan fingerprint density at radius 1 is 0.426 bits per heavy atom. The predicted molar refractivity (Wildman–Crippen MR) is 303 cm³/mol. The number of rotatable bonds is 4. The molecule has 0 saturated carbocycles. The molecule has 0 amide bonds. The van der Waals surface area contributed by atoms with Gasteiger partial charge in [0.2, 0.25) is 0 Å². The SMILES string of the molecule is Cc1cc(C(C)(C)C)cc(C)c1N1c2cc(C(C)(C)C)cc3c2B(c2ccc(-c4cc5ccccc5s4)cc2N3c2cccc(-c3cc4ccccc4s3)c2)c2c1sc1ccc(C(C)(C)C)cc21. The minimum atomic E-state index is -0.126. The van der Waals surface area contributed by atoms with Crippen LogP contribution in [-0.2, 0) is 16.2 Å². The molecule has 0 unspecified atom stereocenters. The molecule has 68 heavy (non-hydrogen) atoms. The Balaban J connectivity index is 1.20. The molecular formula is C62H57BN2S3. The molecule has 3 aromatic heterocycles. The molecule has 2 aliphatic rings. The summed E-state index contributed by atoms with van der Waals surface area (Å²) in [6, 6.07) is 56.4. The van der Waals surface area contributed by atoms with Gasteiger partial charge in [-0.15, -0.1) is 34.0 Å². The summed E-state index contributed by atoms with van der Waals surface area (Å²) in [6.45, 7) is 25.9. The average Bonchev–Trinajstić information content (AvgIpc) is 4.04. The number of nitrogens with zero attached hydrogens (tertiary/aromatic N) is 2. The molecule has 5 heterocycles. The van der Waals surface area contributed by atoms with Crippen LogP contribution in [0, 0.1) is 13.8 Å². The van der Waals surface area contributed by atoms with Crippen molar-refractivity contribution in [2.24, 2.45) is 0 Å². The van der Waals surface area contributed by atoms with Gasteiger partial charge in [-0.25, -0.2) is 0 Å². The Labute approximate surface area is 414 Å². The monoisotopic (exact) mass is 936 g/mol. The summed E-state index contributed by atoms with van der Waals surface area (Å²) in [7, 11) is 0. The van der Waals surface area contributed by atoms with Crippen LogP contribution in [0.25, 0.3) is 51.1 Å². The van der Waals surface area contributed by atoms with E-state index in [-0.39, 0.29) is 23.0 Å². The Bertz CT molecular complexity index is 3600. The molecule has 0 atom stereocenters. The van der Waals surface area contributed by atoms with Gasteiger partial charge in [0.1, 0.15) is 0 Å². The van der Waals surface area contributed by atoms with Gasteiger partial charge in [0.25, 0.3) is 6.71 Å². The molecule has 0 radical (unpaired) electrons. The molecule has 0 spiro atoms. The molecule has 0 bridgehead atoms. The summed E-state index contributed by atoms with van der Waals surface area (Å²) < 4.78 is 3.96. The Kier molecular flexibility index (Phi) is 9.75. The second-order valence-electron chi connectivity index (χ2n) is 22.4. The molecule has 336 valence electrons. The van der Waals surface area contributed by atoms with Crippen LogP contribution in [0.2, 0.25) is 0 Å². The maximum atomic E-state index is 2.70. The van der Waals surface area contributed by atoms with E-state index in [2.05, 4.69) is 232 Å². The first-order valence-corrected chi connectivity index (χ1v) is 26.5. The van der Waals surface area contributed by atoms with Gasteiger partial charge in [-0.1, -0.05) is 147 Å². The number of anilines is 6. The number of hydrogen-bond donors (Lipinski definition) is 0. The second-order valence-corrected chi connectivity index (χ2v) is 25.6. The van der Waals surface area contributed by atoms with Crippen LogP contribution in [0.15, 0.2) is 146 Å². The first-order valence-electron chi connectivity index (χ1n) is 24.1. The van der Waals surface area contributed by atoms with Crippen LogP contribution < -0.4 is 26.2 Å². The molecule has 0 fully saturated rings. The average molecular weight is 937 g/mol.